The predicted octanol–water partition coefficient (Wildman–Crippen LogP) is 5.63. The summed E-state index contributed by atoms with van der Waals surface area (Å²) in [5.74, 6) is 0.0578. The average Bonchev–Trinajstić information content (AvgIpc) is 3.39. The fraction of sp³-hybridized carbons (Fsp3) is 0.212. The molecule has 0 aliphatic heterocycles. The Kier molecular flexibility index (Phi) is 8.97. The van der Waals surface area contributed by atoms with E-state index >= 15 is 0 Å². The highest BCUT2D eigenvalue weighted by molar-refractivity contribution is 7.98. The van der Waals surface area contributed by atoms with Gasteiger partial charge in [0.25, 0.3) is 5.56 Å². The molecular formula is C33H32FN5O2S. The van der Waals surface area contributed by atoms with Crippen LogP contribution in [0.5, 0.6) is 0 Å². The van der Waals surface area contributed by atoms with E-state index in [-0.39, 0.29) is 23.8 Å². The maximum Gasteiger partial charge on any atom is 0.277 e. The van der Waals surface area contributed by atoms with Gasteiger partial charge in [-0.1, -0.05) is 78.0 Å². The van der Waals surface area contributed by atoms with Gasteiger partial charge in [0, 0.05) is 50.8 Å². The van der Waals surface area contributed by atoms with E-state index < -0.39 is 0 Å². The largest absolute Gasteiger partial charge is 0.340 e. The SMILES string of the molecule is Cc1ccc(-c2ccc(CN(C)C(=O)Cn3cc(Cc4cnn(C)c4)c(=O)nc3SCc3ccc(F)cc3)cc2)cc1. The van der Waals surface area contributed by atoms with E-state index in [4.69, 9.17) is 0 Å². The van der Waals surface area contributed by atoms with Crippen LogP contribution in [0.2, 0.25) is 0 Å². The molecule has 2 aromatic heterocycles. The standard InChI is InChI=1S/C33H32FN5O2S/c1-23-4-10-27(11-5-23)28-12-6-24(7-13-28)18-37(2)31(40)21-39-20-29(16-26-17-35-38(3)19-26)32(41)36-33(39)42-22-25-8-14-30(34)15-9-25/h4-15,17,19-20H,16,18,21-22H2,1-3H3. The van der Waals surface area contributed by atoms with Gasteiger partial charge in [-0.3, -0.25) is 14.3 Å². The zero-order valence-electron chi connectivity index (χ0n) is 23.8. The van der Waals surface area contributed by atoms with E-state index in [1.807, 2.05) is 25.4 Å². The Bertz CT molecular complexity index is 1730. The molecule has 0 unspecified atom stereocenters. The van der Waals surface area contributed by atoms with Crippen LogP contribution in [0.1, 0.15) is 27.8 Å². The number of aryl methyl sites for hydroxylation is 2. The molecule has 0 saturated carbocycles. The van der Waals surface area contributed by atoms with Crippen molar-refractivity contribution in [3.05, 3.63) is 135 Å². The van der Waals surface area contributed by atoms with E-state index in [2.05, 4.69) is 53.4 Å². The Hall–Kier alpha value is -4.50. The van der Waals surface area contributed by atoms with Crippen LogP contribution in [0.25, 0.3) is 11.1 Å². The van der Waals surface area contributed by atoms with Crippen molar-refractivity contribution in [2.45, 2.75) is 37.3 Å². The molecule has 0 fully saturated rings. The number of nitrogens with zero attached hydrogens (tertiary/aromatic N) is 5. The lowest BCUT2D eigenvalue weighted by molar-refractivity contribution is -0.131. The summed E-state index contributed by atoms with van der Waals surface area (Å²) >= 11 is 1.34. The molecule has 5 rings (SSSR count). The van der Waals surface area contributed by atoms with Gasteiger partial charge in [-0.2, -0.15) is 10.1 Å². The molecule has 214 valence electrons. The smallest absolute Gasteiger partial charge is 0.277 e. The van der Waals surface area contributed by atoms with Crippen molar-refractivity contribution in [2.75, 3.05) is 7.05 Å². The van der Waals surface area contributed by atoms with Crippen molar-refractivity contribution >= 4 is 17.7 Å². The maximum absolute atomic E-state index is 13.4. The fourth-order valence-corrected chi connectivity index (χ4v) is 5.48. The molecule has 2 heterocycles. The third kappa shape index (κ3) is 7.41. The normalized spacial score (nSPS) is 11.0. The van der Waals surface area contributed by atoms with E-state index in [1.54, 1.807) is 45.7 Å². The van der Waals surface area contributed by atoms with Crippen molar-refractivity contribution in [3.63, 3.8) is 0 Å². The van der Waals surface area contributed by atoms with Crippen LogP contribution >= 0.6 is 11.8 Å². The lowest BCUT2D eigenvalue weighted by Crippen LogP contribution is -2.31. The molecule has 7 nitrogen and oxygen atoms in total. The summed E-state index contributed by atoms with van der Waals surface area (Å²) in [6.45, 7) is 2.54. The number of aromatic nitrogens is 4. The summed E-state index contributed by atoms with van der Waals surface area (Å²) in [5.41, 5.74) is 6.41. The van der Waals surface area contributed by atoms with Crippen LogP contribution in [0, 0.1) is 12.7 Å². The molecule has 9 heteroatoms. The van der Waals surface area contributed by atoms with Gasteiger partial charge in [0.2, 0.25) is 5.91 Å². The summed E-state index contributed by atoms with van der Waals surface area (Å²) in [5, 5.41) is 4.62. The van der Waals surface area contributed by atoms with Crippen molar-refractivity contribution in [3.8, 4) is 11.1 Å². The van der Waals surface area contributed by atoms with Crippen LogP contribution < -0.4 is 5.56 Å². The quantitative estimate of drug-likeness (QED) is 0.158. The van der Waals surface area contributed by atoms with Gasteiger partial charge in [-0.25, -0.2) is 4.39 Å². The highest BCUT2D eigenvalue weighted by atomic mass is 32.2. The van der Waals surface area contributed by atoms with Gasteiger partial charge >= 0.3 is 0 Å². The van der Waals surface area contributed by atoms with Crippen LogP contribution in [0.15, 0.2) is 101 Å². The third-order valence-corrected chi connectivity index (χ3v) is 8.01. The predicted molar refractivity (Wildman–Crippen MR) is 164 cm³/mol. The van der Waals surface area contributed by atoms with Gasteiger partial charge in [-0.15, -0.1) is 0 Å². The van der Waals surface area contributed by atoms with Gasteiger partial charge in [0.05, 0.1) is 6.20 Å². The molecule has 0 N–H and O–H groups in total. The molecule has 0 bridgehead atoms. The first-order chi connectivity index (χ1) is 20.2. The third-order valence-electron chi connectivity index (χ3n) is 6.95. The zero-order chi connectivity index (χ0) is 29.6. The fourth-order valence-electron chi connectivity index (χ4n) is 4.56. The molecule has 0 saturated heterocycles. The molecular weight excluding hydrogens is 549 g/mol. The summed E-state index contributed by atoms with van der Waals surface area (Å²) < 4.78 is 16.8. The minimum atomic E-state index is -0.342. The first-order valence-electron chi connectivity index (χ1n) is 13.6. The number of hydrogen-bond acceptors (Lipinski definition) is 5. The lowest BCUT2D eigenvalue weighted by atomic mass is 10.0. The van der Waals surface area contributed by atoms with Gasteiger partial charge in [0.1, 0.15) is 12.4 Å². The summed E-state index contributed by atoms with van der Waals surface area (Å²) in [6, 6.07) is 22.8. The van der Waals surface area contributed by atoms with Crippen molar-refractivity contribution in [2.24, 2.45) is 7.05 Å². The van der Waals surface area contributed by atoms with Gasteiger partial charge in [-0.05, 0) is 46.9 Å². The number of hydrogen-bond donors (Lipinski definition) is 0. The second-order valence-electron chi connectivity index (χ2n) is 10.4. The van der Waals surface area contributed by atoms with Crippen molar-refractivity contribution in [1.82, 2.24) is 24.2 Å². The van der Waals surface area contributed by atoms with Gasteiger partial charge < -0.3 is 9.47 Å². The van der Waals surface area contributed by atoms with Crippen LogP contribution in [0.4, 0.5) is 4.39 Å². The van der Waals surface area contributed by atoms with E-state index in [0.717, 1.165) is 27.8 Å². The molecule has 3 aromatic carbocycles. The number of carbonyl (C=O) groups excluding carboxylic acids is 1. The Morgan fingerprint density at radius 3 is 2.19 bits per heavy atom. The Morgan fingerprint density at radius 2 is 1.55 bits per heavy atom. The number of benzene rings is 3. The second kappa shape index (κ2) is 13.0. The van der Waals surface area contributed by atoms with Gasteiger partial charge in [0.15, 0.2) is 5.16 Å². The van der Waals surface area contributed by atoms with Crippen LogP contribution in [-0.4, -0.2) is 37.2 Å². The maximum atomic E-state index is 13.4. The Balaban J connectivity index is 1.32. The van der Waals surface area contributed by atoms with Crippen molar-refractivity contribution in [1.29, 1.82) is 0 Å². The molecule has 0 aliphatic rings. The number of amides is 1. The molecule has 0 atom stereocenters. The minimum absolute atomic E-state index is 0.0248. The zero-order valence-corrected chi connectivity index (χ0v) is 24.6. The number of thioether (sulfide) groups is 1. The molecule has 5 aromatic rings. The molecule has 0 spiro atoms. The average molecular weight is 582 g/mol. The Labute approximate surface area is 248 Å². The minimum Gasteiger partial charge on any atom is -0.340 e. The lowest BCUT2D eigenvalue weighted by Gasteiger charge is -2.20. The van der Waals surface area contributed by atoms with E-state index in [0.29, 0.717) is 29.4 Å². The van der Waals surface area contributed by atoms with Crippen LogP contribution in [0.3, 0.4) is 0 Å². The number of carbonyl (C=O) groups is 1. The molecule has 1 amide bonds. The first kappa shape index (κ1) is 29.0. The number of halogens is 1. The van der Waals surface area contributed by atoms with E-state index in [1.165, 1.54) is 29.5 Å². The second-order valence-corrected chi connectivity index (χ2v) is 11.4. The van der Waals surface area contributed by atoms with Crippen molar-refractivity contribution < 1.29 is 9.18 Å². The topological polar surface area (TPSA) is 73.0 Å². The Morgan fingerprint density at radius 1 is 0.905 bits per heavy atom. The first-order valence-corrected chi connectivity index (χ1v) is 14.6. The highest BCUT2D eigenvalue weighted by Crippen LogP contribution is 2.23. The van der Waals surface area contributed by atoms with E-state index in [9.17, 15) is 14.0 Å². The summed E-state index contributed by atoms with van der Waals surface area (Å²) in [4.78, 5) is 32.4. The van der Waals surface area contributed by atoms with Crippen LogP contribution in [-0.2, 0) is 37.1 Å². The molecule has 0 radical (unpaired) electrons. The molecule has 42 heavy (non-hydrogen) atoms. The molecule has 0 aliphatic carbocycles. The highest BCUT2D eigenvalue weighted by Gasteiger charge is 2.16. The summed E-state index contributed by atoms with van der Waals surface area (Å²) in [7, 11) is 3.59. The number of rotatable bonds is 10. The summed E-state index contributed by atoms with van der Waals surface area (Å²) in [6.07, 6.45) is 5.64. The monoisotopic (exact) mass is 581 g/mol. The number of likely N-dealkylation sites (N-methyl/N-ethyl adjacent to an activating group) is 1.